The number of esters is 1. The number of rotatable bonds is 6. The van der Waals surface area contributed by atoms with Crippen molar-refractivity contribution < 1.29 is 32.8 Å². The monoisotopic (exact) mass is 301 g/mol. The van der Waals surface area contributed by atoms with Gasteiger partial charge in [-0.2, -0.15) is 0 Å². The van der Waals surface area contributed by atoms with Gasteiger partial charge in [-0.15, -0.1) is 0 Å². The lowest BCUT2D eigenvalue weighted by Gasteiger charge is -2.26. The van der Waals surface area contributed by atoms with E-state index in [1.165, 1.54) is 0 Å². The Morgan fingerprint density at radius 1 is 1.45 bits per heavy atom. The van der Waals surface area contributed by atoms with Crippen LogP contribution in [-0.4, -0.2) is 38.4 Å². The first-order chi connectivity index (χ1) is 9.29. The Hall–Kier alpha value is -1.46. The number of nitrogens with one attached hydrogen (secondary N) is 1. The predicted octanol–water partition coefficient (Wildman–Crippen LogP) is -1.51. The van der Waals surface area contributed by atoms with Gasteiger partial charge in [0.2, 0.25) is 0 Å². The van der Waals surface area contributed by atoms with Crippen molar-refractivity contribution in [2.24, 2.45) is 0 Å². The molecule has 112 valence electrons. The van der Waals surface area contributed by atoms with E-state index in [1.807, 2.05) is 24.3 Å². The summed E-state index contributed by atoms with van der Waals surface area (Å²) in [5, 5.41) is 3.17. The molecule has 6 heteroatoms. The van der Waals surface area contributed by atoms with Crippen molar-refractivity contribution in [2.45, 2.75) is 19.4 Å². The van der Waals surface area contributed by atoms with Crippen LogP contribution >= 0.6 is 0 Å². The zero-order chi connectivity index (χ0) is 13.5. The van der Waals surface area contributed by atoms with Crippen LogP contribution < -0.4 is 27.2 Å². The molecule has 0 saturated heterocycles. The molecule has 5 nitrogen and oxygen atoms in total. The van der Waals surface area contributed by atoms with Crippen LogP contribution in [0.4, 0.5) is 0 Å². The fourth-order valence-corrected chi connectivity index (χ4v) is 1.85. The standard InChI is InChI=1S/C14H19NO4.ClH/c1-2-17-14(16)7-8-15-9-11-10-18-12-5-3-4-6-13(12)19-11;/h3-6,11,15H,2,7-10H2,1H3;1H. The molecule has 1 aromatic carbocycles. The summed E-state index contributed by atoms with van der Waals surface area (Å²) in [6.07, 6.45) is 0.343. The molecule has 0 saturated carbocycles. The van der Waals surface area contributed by atoms with Crippen LogP contribution in [-0.2, 0) is 9.53 Å². The van der Waals surface area contributed by atoms with Crippen LogP contribution in [0.3, 0.4) is 0 Å². The molecular weight excluding hydrogens is 282 g/mol. The summed E-state index contributed by atoms with van der Waals surface area (Å²) in [6, 6.07) is 7.61. The number of carbonyl (C=O) groups excluding carboxylic acids is 1. The normalized spacial score (nSPS) is 16.1. The van der Waals surface area contributed by atoms with Crippen LogP contribution in [0.25, 0.3) is 0 Å². The summed E-state index contributed by atoms with van der Waals surface area (Å²) in [6.45, 7) is 3.97. The lowest BCUT2D eigenvalue weighted by molar-refractivity contribution is -0.143. The van der Waals surface area contributed by atoms with Gasteiger partial charge >= 0.3 is 7.40 Å². The van der Waals surface area contributed by atoms with Gasteiger partial charge in [0.05, 0.1) is 13.0 Å². The van der Waals surface area contributed by atoms with Gasteiger partial charge in [0.25, 0.3) is 0 Å². The minimum absolute atomic E-state index is 0. The van der Waals surface area contributed by atoms with Gasteiger partial charge in [-0.3, -0.25) is 4.79 Å². The maximum Gasteiger partial charge on any atom is 1.00 e. The molecule has 1 aliphatic heterocycles. The molecule has 0 aromatic heterocycles. The smallest absolute Gasteiger partial charge is 1.00 e. The number of halogens is 1. The molecule has 1 unspecified atom stereocenters. The molecule has 0 aliphatic carbocycles. The van der Waals surface area contributed by atoms with Crippen molar-refractivity contribution in [2.75, 3.05) is 26.3 Å². The number of para-hydroxylation sites is 2. The molecule has 20 heavy (non-hydrogen) atoms. The molecule has 1 atom stereocenters. The highest BCUT2D eigenvalue weighted by Gasteiger charge is 2.19. The molecule has 1 N–H and O–H groups in total. The van der Waals surface area contributed by atoms with Crippen molar-refractivity contribution in [1.29, 1.82) is 0 Å². The third-order valence-electron chi connectivity index (χ3n) is 2.75. The molecule has 0 bridgehead atoms. The number of carbonyl (C=O) groups is 1. The van der Waals surface area contributed by atoms with Crippen molar-refractivity contribution in [3.63, 3.8) is 0 Å². The highest BCUT2D eigenvalue weighted by atomic mass is 35.5. The van der Waals surface area contributed by atoms with E-state index in [1.54, 1.807) is 6.92 Å². The maximum absolute atomic E-state index is 11.1. The fraction of sp³-hybridized carbons (Fsp3) is 0.500. The first-order valence-corrected chi connectivity index (χ1v) is 6.54. The maximum atomic E-state index is 11.1. The average molecular weight is 302 g/mol. The van der Waals surface area contributed by atoms with E-state index in [0.29, 0.717) is 32.7 Å². The highest BCUT2D eigenvalue weighted by molar-refractivity contribution is 5.69. The van der Waals surface area contributed by atoms with Crippen molar-refractivity contribution in [3.8, 4) is 11.5 Å². The minimum atomic E-state index is -0.179. The van der Waals surface area contributed by atoms with Crippen molar-refractivity contribution in [1.82, 2.24) is 5.32 Å². The van der Waals surface area contributed by atoms with E-state index in [0.717, 1.165) is 11.5 Å². The summed E-state index contributed by atoms with van der Waals surface area (Å²) < 4.78 is 16.2. The Morgan fingerprint density at radius 3 is 2.95 bits per heavy atom. The Bertz CT molecular complexity index is 433. The number of ether oxygens (including phenoxy) is 3. The van der Waals surface area contributed by atoms with Crippen LogP contribution in [0, 0.1) is 0 Å². The van der Waals surface area contributed by atoms with Crippen LogP contribution in [0.5, 0.6) is 11.5 Å². The summed E-state index contributed by atoms with van der Waals surface area (Å²) in [5.41, 5.74) is 0. The summed E-state index contributed by atoms with van der Waals surface area (Å²) in [5.74, 6) is 1.37. The molecule has 1 heterocycles. The topological polar surface area (TPSA) is 56.8 Å². The Kier molecular flexibility index (Phi) is 7.18. The second kappa shape index (κ2) is 8.66. The van der Waals surface area contributed by atoms with Gasteiger partial charge in [-0.1, -0.05) is 12.1 Å². The molecule has 0 spiro atoms. The Morgan fingerprint density at radius 2 is 2.20 bits per heavy atom. The molecule has 0 fully saturated rings. The van der Waals surface area contributed by atoms with E-state index in [2.05, 4.69) is 5.32 Å². The number of hydrogen-bond acceptors (Lipinski definition) is 5. The zero-order valence-corrected chi connectivity index (χ0v) is 12.2. The summed E-state index contributed by atoms with van der Waals surface area (Å²) >= 11 is 0. The molecule has 1 aromatic rings. The van der Waals surface area contributed by atoms with Crippen molar-refractivity contribution >= 4 is 5.97 Å². The van der Waals surface area contributed by atoms with E-state index in [-0.39, 0.29) is 25.9 Å². The average Bonchev–Trinajstić information content (AvgIpc) is 2.44. The Balaban J connectivity index is 0.00000200. The van der Waals surface area contributed by atoms with E-state index in [4.69, 9.17) is 14.2 Å². The van der Waals surface area contributed by atoms with Gasteiger partial charge in [0.15, 0.2) is 11.5 Å². The number of hydrogen-bond donors (Lipinski definition) is 1. The zero-order valence-electron chi connectivity index (χ0n) is 12.4. The van der Waals surface area contributed by atoms with Crippen LogP contribution in [0.1, 0.15) is 14.8 Å². The molecule has 2 rings (SSSR count). The lowest BCUT2D eigenvalue weighted by atomic mass is 10.2. The Labute approximate surface area is 126 Å². The number of benzene rings is 1. The van der Waals surface area contributed by atoms with Gasteiger partial charge in [-0.25, -0.2) is 0 Å². The minimum Gasteiger partial charge on any atom is -1.00 e. The molecule has 1 aliphatic rings. The fourth-order valence-electron chi connectivity index (χ4n) is 1.85. The summed E-state index contributed by atoms with van der Waals surface area (Å²) in [7, 11) is 0. The van der Waals surface area contributed by atoms with Crippen molar-refractivity contribution in [3.05, 3.63) is 24.3 Å². The molecule has 0 amide bonds. The van der Waals surface area contributed by atoms with Gasteiger partial charge < -0.3 is 31.9 Å². The van der Waals surface area contributed by atoms with Gasteiger partial charge in [-0.05, 0) is 19.1 Å². The first kappa shape index (κ1) is 16.6. The van der Waals surface area contributed by atoms with E-state index < -0.39 is 0 Å². The second-order valence-electron chi connectivity index (χ2n) is 4.26. The number of fused-ring (bicyclic) bond motifs is 1. The molecular formula is C14H20ClNO4. The first-order valence-electron chi connectivity index (χ1n) is 6.54. The highest BCUT2D eigenvalue weighted by Crippen LogP contribution is 2.30. The van der Waals surface area contributed by atoms with E-state index in [9.17, 15) is 4.79 Å². The van der Waals surface area contributed by atoms with E-state index >= 15 is 0 Å². The predicted molar refractivity (Wildman–Crippen MR) is 71.6 cm³/mol. The second-order valence-corrected chi connectivity index (χ2v) is 4.26. The third kappa shape index (κ3) is 4.90. The van der Waals surface area contributed by atoms with Gasteiger partial charge in [0.1, 0.15) is 12.7 Å². The third-order valence-corrected chi connectivity index (χ3v) is 2.75. The quantitative estimate of drug-likeness (QED) is 0.511. The summed E-state index contributed by atoms with van der Waals surface area (Å²) in [4.78, 5) is 11.1. The molecule has 0 radical (unpaired) electrons. The van der Waals surface area contributed by atoms with Crippen LogP contribution in [0.2, 0.25) is 0 Å². The van der Waals surface area contributed by atoms with Crippen LogP contribution in [0.15, 0.2) is 24.3 Å². The SMILES string of the molecule is CCOC(=O)CCNCC1COc2ccccc2O1.[Cl-].[H+]. The largest absolute Gasteiger partial charge is 1.00 e. The lowest BCUT2D eigenvalue weighted by Crippen LogP contribution is -3.00. The van der Waals surface area contributed by atoms with Gasteiger partial charge in [0, 0.05) is 13.1 Å².